The predicted octanol–water partition coefficient (Wildman–Crippen LogP) is 5.47. The predicted molar refractivity (Wildman–Crippen MR) is 148 cm³/mol. The molecule has 1 aromatic carbocycles. The minimum atomic E-state index is -2.44. The fourth-order valence-electron chi connectivity index (χ4n) is 5.89. The lowest BCUT2D eigenvalue weighted by atomic mass is 9.82. The zero-order chi connectivity index (χ0) is 28.9. The molecule has 4 rings (SSSR count). The molecule has 3 aliphatic rings. The fraction of sp³-hybridized carbons (Fsp3) is 0.613. The van der Waals surface area contributed by atoms with Crippen LogP contribution in [0.15, 0.2) is 42.5 Å². The van der Waals surface area contributed by atoms with E-state index in [1.54, 1.807) is 42.5 Å². The highest BCUT2D eigenvalue weighted by molar-refractivity contribution is 6.02. The molecule has 6 nitrogen and oxygen atoms in total. The van der Waals surface area contributed by atoms with Crippen LogP contribution in [0.2, 0.25) is 0 Å². The number of rotatable bonds is 10. The molecule has 0 aromatic heterocycles. The monoisotopic (exact) mass is 562 g/mol. The van der Waals surface area contributed by atoms with Crippen molar-refractivity contribution in [3.63, 3.8) is 0 Å². The van der Waals surface area contributed by atoms with Gasteiger partial charge in [0.1, 0.15) is 23.6 Å². The smallest absolute Gasteiger partial charge is 0.328 e. The lowest BCUT2D eigenvalue weighted by molar-refractivity contribution is -0.154. The van der Waals surface area contributed by atoms with Gasteiger partial charge in [0.05, 0.1) is 20.3 Å². The second-order valence-electron chi connectivity index (χ2n) is 11.3. The highest BCUT2D eigenvalue weighted by atomic mass is 19.1. The third-order valence-corrected chi connectivity index (χ3v) is 8.68. The van der Waals surface area contributed by atoms with Gasteiger partial charge in [0.15, 0.2) is 0 Å². The van der Waals surface area contributed by atoms with Crippen molar-refractivity contribution in [1.29, 1.82) is 0 Å². The Balaban J connectivity index is 1.36. The second-order valence-corrected chi connectivity index (χ2v) is 11.3. The topological polar surface area (TPSA) is 59.1 Å². The lowest BCUT2D eigenvalue weighted by Crippen LogP contribution is -2.51. The van der Waals surface area contributed by atoms with Crippen LogP contribution >= 0.6 is 0 Å². The number of carbonyl (C=O) groups excluding carboxylic acids is 2. The van der Waals surface area contributed by atoms with Gasteiger partial charge in [-0.05, 0) is 62.4 Å². The standard InChI is InChI=1S/C31H41F3N2O4/c1-4-30(33,5-2)21-35-16-13-22(14-17-35)20-40-25-11-9-23(10-12-25)26-8-6-7-15-31(26,34)29(38)36-19-24(32)18-27(36)28(37)39-3/h6-12,22,24,27H,4-5,13-21H2,1-3H3/t24-,27-,31?/m0/s1. The highest BCUT2D eigenvalue weighted by Gasteiger charge is 2.51. The SMILES string of the molecule is CCC(F)(CC)CN1CCC(COc2ccc(C3=CC=CCC3(F)C(=O)N3C[C@@H](F)C[C@H]3C(=O)OC)cc2)CC1. The first kappa shape index (κ1) is 30.2. The third-order valence-electron chi connectivity index (χ3n) is 8.68. The first-order chi connectivity index (χ1) is 19.1. The van der Waals surface area contributed by atoms with Gasteiger partial charge in [0, 0.05) is 25.0 Å². The molecule has 0 radical (unpaired) electrons. The van der Waals surface area contributed by atoms with Crippen molar-refractivity contribution >= 4 is 17.4 Å². The number of hydrogen-bond donors (Lipinski definition) is 0. The van der Waals surface area contributed by atoms with E-state index in [0.717, 1.165) is 30.8 Å². The molecule has 1 aliphatic carbocycles. The van der Waals surface area contributed by atoms with Crippen LogP contribution in [0.5, 0.6) is 5.75 Å². The summed E-state index contributed by atoms with van der Waals surface area (Å²) in [6, 6.07) is 5.77. The summed E-state index contributed by atoms with van der Waals surface area (Å²) in [5.74, 6) is -0.677. The number of halogens is 3. The molecule has 2 fully saturated rings. The second kappa shape index (κ2) is 12.8. The van der Waals surface area contributed by atoms with Gasteiger partial charge in [-0.15, -0.1) is 0 Å². The van der Waals surface area contributed by atoms with E-state index in [0.29, 0.717) is 43.2 Å². The molecular weight excluding hydrogens is 521 g/mol. The third kappa shape index (κ3) is 6.56. The number of ether oxygens (including phenoxy) is 2. The molecule has 2 saturated heterocycles. The minimum Gasteiger partial charge on any atom is -0.493 e. The number of likely N-dealkylation sites (tertiary alicyclic amines) is 2. The summed E-state index contributed by atoms with van der Waals surface area (Å²) in [5, 5.41) is 0. The van der Waals surface area contributed by atoms with Crippen LogP contribution in [0.4, 0.5) is 13.2 Å². The zero-order valence-electron chi connectivity index (χ0n) is 23.7. The number of esters is 1. The fourth-order valence-corrected chi connectivity index (χ4v) is 5.89. The number of hydrogen-bond acceptors (Lipinski definition) is 5. The van der Waals surface area contributed by atoms with E-state index in [2.05, 4.69) is 4.90 Å². The number of benzene rings is 1. The molecular formula is C31H41F3N2O4. The van der Waals surface area contributed by atoms with Crippen molar-refractivity contribution in [3.8, 4) is 5.75 Å². The van der Waals surface area contributed by atoms with Crippen LogP contribution in [0.25, 0.3) is 5.57 Å². The van der Waals surface area contributed by atoms with E-state index in [4.69, 9.17) is 9.47 Å². The lowest BCUT2D eigenvalue weighted by Gasteiger charge is -2.36. The quantitative estimate of drug-likeness (QED) is 0.354. The number of amides is 1. The minimum absolute atomic E-state index is 0.160. The van der Waals surface area contributed by atoms with E-state index in [1.165, 1.54) is 7.11 Å². The normalized spacial score (nSPS) is 26.1. The molecule has 220 valence electrons. The molecule has 1 amide bonds. The molecule has 2 aliphatic heterocycles. The van der Waals surface area contributed by atoms with Gasteiger partial charge >= 0.3 is 5.97 Å². The van der Waals surface area contributed by atoms with Gasteiger partial charge in [0.2, 0.25) is 5.67 Å². The molecule has 1 unspecified atom stereocenters. The van der Waals surface area contributed by atoms with Gasteiger partial charge in [-0.1, -0.05) is 44.2 Å². The Morgan fingerprint density at radius 1 is 1.12 bits per heavy atom. The number of alkyl halides is 3. The van der Waals surface area contributed by atoms with Gasteiger partial charge in [-0.3, -0.25) is 4.79 Å². The van der Waals surface area contributed by atoms with E-state index in [1.807, 2.05) is 13.8 Å². The maximum atomic E-state index is 16.5. The molecule has 0 N–H and O–H groups in total. The number of nitrogens with zero attached hydrogens (tertiary/aromatic N) is 2. The van der Waals surface area contributed by atoms with Crippen molar-refractivity contribution in [2.45, 2.75) is 75.9 Å². The largest absolute Gasteiger partial charge is 0.493 e. The van der Waals surface area contributed by atoms with Crippen molar-refractivity contribution in [2.75, 3.05) is 39.9 Å². The number of methoxy groups -OCH3 is 1. The Bertz CT molecular complexity index is 1100. The van der Waals surface area contributed by atoms with E-state index in [9.17, 15) is 18.4 Å². The Labute approximate surface area is 235 Å². The van der Waals surface area contributed by atoms with Crippen LogP contribution in [-0.4, -0.2) is 85.1 Å². The van der Waals surface area contributed by atoms with Crippen LogP contribution in [0, 0.1) is 5.92 Å². The average Bonchev–Trinajstić information content (AvgIpc) is 3.37. The van der Waals surface area contributed by atoms with E-state index >= 15 is 4.39 Å². The Morgan fingerprint density at radius 2 is 1.80 bits per heavy atom. The van der Waals surface area contributed by atoms with Crippen LogP contribution < -0.4 is 4.74 Å². The summed E-state index contributed by atoms with van der Waals surface area (Å²) in [5.41, 5.74) is -2.89. The number of carbonyl (C=O) groups is 2. The zero-order valence-corrected chi connectivity index (χ0v) is 23.7. The summed E-state index contributed by atoms with van der Waals surface area (Å²) in [6.07, 6.45) is 5.88. The Hall–Kier alpha value is -2.81. The van der Waals surface area contributed by atoms with Crippen LogP contribution in [0.1, 0.15) is 57.9 Å². The molecule has 0 bridgehead atoms. The molecule has 40 heavy (non-hydrogen) atoms. The Morgan fingerprint density at radius 3 is 2.42 bits per heavy atom. The van der Waals surface area contributed by atoms with Crippen molar-refractivity contribution in [3.05, 3.63) is 48.1 Å². The molecule has 0 spiro atoms. The molecule has 2 heterocycles. The van der Waals surface area contributed by atoms with Crippen molar-refractivity contribution in [1.82, 2.24) is 9.80 Å². The summed E-state index contributed by atoms with van der Waals surface area (Å²) in [6.45, 7) is 6.18. The van der Waals surface area contributed by atoms with Gasteiger partial charge in [0.25, 0.3) is 5.91 Å². The van der Waals surface area contributed by atoms with E-state index < -0.39 is 35.4 Å². The van der Waals surface area contributed by atoms with Crippen molar-refractivity contribution in [2.24, 2.45) is 5.92 Å². The maximum absolute atomic E-state index is 16.5. The first-order valence-electron chi connectivity index (χ1n) is 14.4. The molecule has 9 heteroatoms. The molecule has 1 aromatic rings. The number of allylic oxidation sites excluding steroid dienone is 3. The number of piperidine rings is 1. The summed E-state index contributed by atoms with van der Waals surface area (Å²) < 4.78 is 56.2. The highest BCUT2D eigenvalue weighted by Crippen LogP contribution is 2.41. The summed E-state index contributed by atoms with van der Waals surface area (Å²) in [4.78, 5) is 28.8. The Kier molecular flexibility index (Phi) is 9.64. The summed E-state index contributed by atoms with van der Waals surface area (Å²) in [7, 11) is 1.17. The molecule has 0 saturated carbocycles. The van der Waals surface area contributed by atoms with Crippen molar-refractivity contribution < 1.29 is 32.2 Å². The van der Waals surface area contributed by atoms with E-state index in [-0.39, 0.29) is 25.0 Å². The summed E-state index contributed by atoms with van der Waals surface area (Å²) >= 11 is 0. The maximum Gasteiger partial charge on any atom is 0.328 e. The molecule has 3 atom stereocenters. The van der Waals surface area contributed by atoms with Crippen LogP contribution in [0.3, 0.4) is 0 Å². The van der Waals surface area contributed by atoms with Crippen LogP contribution in [-0.2, 0) is 14.3 Å². The van der Waals surface area contributed by atoms with Gasteiger partial charge in [-0.2, -0.15) is 0 Å². The van der Waals surface area contributed by atoms with Gasteiger partial charge < -0.3 is 19.3 Å². The average molecular weight is 563 g/mol. The first-order valence-corrected chi connectivity index (χ1v) is 14.4. The van der Waals surface area contributed by atoms with Gasteiger partial charge in [-0.25, -0.2) is 18.0 Å².